The van der Waals surface area contributed by atoms with Crippen LogP contribution in [0, 0.1) is 5.41 Å². The van der Waals surface area contributed by atoms with Gasteiger partial charge in [-0.2, -0.15) is 0 Å². The quantitative estimate of drug-likeness (QED) is 0.730. The summed E-state index contributed by atoms with van der Waals surface area (Å²) in [5.74, 6) is 0. The Morgan fingerprint density at radius 1 is 1.30 bits per heavy atom. The summed E-state index contributed by atoms with van der Waals surface area (Å²) < 4.78 is 10.7. The number of amides is 1. The number of hydrogen-bond acceptors (Lipinski definition) is 4. The zero-order chi connectivity index (χ0) is 15.0. The van der Waals surface area contributed by atoms with E-state index >= 15 is 0 Å². The van der Waals surface area contributed by atoms with E-state index in [1.807, 2.05) is 20.8 Å². The minimum Gasteiger partial charge on any atom is -0.444 e. The second kappa shape index (κ2) is 5.35. The maximum atomic E-state index is 12.1. The molecular formula is C15H25NO4. The normalized spacial score (nSPS) is 33.7. The second-order valence-electron chi connectivity index (χ2n) is 7.10. The Morgan fingerprint density at radius 3 is 2.45 bits per heavy atom. The van der Waals surface area contributed by atoms with Gasteiger partial charge < -0.3 is 14.3 Å². The Kier molecular flexibility index (Phi) is 4.09. The molecule has 1 saturated carbocycles. The molecule has 1 aliphatic carbocycles. The van der Waals surface area contributed by atoms with Gasteiger partial charge in [-0.15, -0.1) is 0 Å². The molecule has 20 heavy (non-hydrogen) atoms. The molecule has 2 fully saturated rings. The largest absolute Gasteiger partial charge is 0.444 e. The van der Waals surface area contributed by atoms with Crippen molar-refractivity contribution in [3.05, 3.63) is 0 Å². The first-order valence-corrected chi connectivity index (χ1v) is 7.26. The Hall–Kier alpha value is -1.10. The van der Waals surface area contributed by atoms with Crippen LogP contribution < -0.4 is 0 Å². The maximum Gasteiger partial charge on any atom is 0.410 e. The molecule has 0 aromatic carbocycles. The molecule has 0 radical (unpaired) electrons. The van der Waals surface area contributed by atoms with Gasteiger partial charge in [-0.1, -0.05) is 0 Å². The van der Waals surface area contributed by atoms with Crippen molar-refractivity contribution < 1.29 is 19.1 Å². The zero-order valence-corrected chi connectivity index (χ0v) is 12.8. The van der Waals surface area contributed by atoms with Gasteiger partial charge in [0.05, 0.1) is 12.1 Å². The van der Waals surface area contributed by atoms with Gasteiger partial charge in [0.15, 0.2) is 0 Å². The lowest BCUT2D eigenvalue weighted by molar-refractivity contribution is -0.126. The SMILES string of the molecule is COC1CC2(CCN(C(=O)OC(C)(C)C)C(C=O)C2)C1. The Bertz CT molecular complexity index is 382. The van der Waals surface area contributed by atoms with E-state index in [0.717, 1.165) is 32.0 Å². The number of nitrogens with zero attached hydrogens (tertiary/aromatic N) is 1. The fourth-order valence-corrected chi connectivity index (χ4v) is 3.29. The van der Waals surface area contributed by atoms with E-state index in [4.69, 9.17) is 9.47 Å². The van der Waals surface area contributed by atoms with Crippen LogP contribution in [0.4, 0.5) is 4.79 Å². The lowest BCUT2D eigenvalue weighted by atomic mass is 9.60. The number of carbonyl (C=O) groups excluding carboxylic acids is 2. The van der Waals surface area contributed by atoms with Gasteiger partial charge in [-0.3, -0.25) is 4.90 Å². The van der Waals surface area contributed by atoms with Crippen LogP contribution in [0.25, 0.3) is 0 Å². The minimum atomic E-state index is -0.530. The first-order valence-electron chi connectivity index (χ1n) is 7.26. The Labute approximate surface area is 120 Å². The van der Waals surface area contributed by atoms with Gasteiger partial charge in [0.2, 0.25) is 0 Å². The lowest BCUT2D eigenvalue weighted by Crippen LogP contribution is -2.56. The third kappa shape index (κ3) is 3.14. The summed E-state index contributed by atoms with van der Waals surface area (Å²) in [5.41, 5.74) is -0.345. The molecule has 1 atom stereocenters. The highest BCUT2D eigenvalue weighted by Gasteiger charge is 2.50. The summed E-state index contributed by atoms with van der Waals surface area (Å²) in [6.45, 7) is 6.10. The van der Waals surface area contributed by atoms with Gasteiger partial charge in [0.1, 0.15) is 11.9 Å². The van der Waals surface area contributed by atoms with E-state index in [0.29, 0.717) is 12.6 Å². The third-order valence-electron chi connectivity index (χ3n) is 4.37. The topological polar surface area (TPSA) is 55.8 Å². The standard InChI is InChI=1S/C15H25NO4/c1-14(2,3)20-13(18)16-6-5-15(7-11(16)10-17)8-12(9-15)19-4/h10-12H,5-9H2,1-4H3. The molecule has 1 heterocycles. The van der Waals surface area contributed by atoms with E-state index in [-0.39, 0.29) is 17.6 Å². The monoisotopic (exact) mass is 283 g/mol. The number of piperidine rings is 1. The first-order chi connectivity index (χ1) is 9.28. The number of rotatable bonds is 2. The van der Waals surface area contributed by atoms with Crippen molar-refractivity contribution >= 4 is 12.4 Å². The van der Waals surface area contributed by atoms with Crippen LogP contribution in [0.3, 0.4) is 0 Å². The van der Waals surface area contributed by atoms with Gasteiger partial charge >= 0.3 is 6.09 Å². The zero-order valence-electron chi connectivity index (χ0n) is 12.8. The van der Waals surface area contributed by atoms with Crippen LogP contribution in [-0.4, -0.2) is 48.7 Å². The van der Waals surface area contributed by atoms with Gasteiger partial charge in [0, 0.05) is 13.7 Å². The molecule has 114 valence electrons. The molecule has 1 amide bonds. The molecule has 0 aromatic heterocycles. The van der Waals surface area contributed by atoms with Crippen LogP contribution in [0.1, 0.15) is 46.5 Å². The highest BCUT2D eigenvalue weighted by atomic mass is 16.6. The van der Waals surface area contributed by atoms with E-state index < -0.39 is 5.60 Å². The average Bonchev–Trinajstić information content (AvgIpc) is 2.32. The number of methoxy groups -OCH3 is 1. The molecule has 1 saturated heterocycles. The lowest BCUT2D eigenvalue weighted by Gasteiger charge is -2.53. The molecular weight excluding hydrogens is 258 g/mol. The molecule has 1 spiro atoms. The van der Waals surface area contributed by atoms with Crippen LogP contribution in [-0.2, 0) is 14.3 Å². The predicted octanol–water partition coefficient (Wildman–Crippen LogP) is 2.38. The summed E-state index contributed by atoms with van der Waals surface area (Å²) in [4.78, 5) is 25.1. The summed E-state index contributed by atoms with van der Waals surface area (Å²) in [6, 6.07) is -0.364. The van der Waals surface area contributed by atoms with Crippen LogP contribution >= 0.6 is 0 Å². The van der Waals surface area contributed by atoms with Crippen molar-refractivity contribution in [1.82, 2.24) is 4.90 Å². The first kappa shape index (κ1) is 15.3. The molecule has 0 aromatic rings. The number of ether oxygens (including phenoxy) is 2. The minimum absolute atomic E-state index is 0.185. The molecule has 0 bridgehead atoms. The Balaban J connectivity index is 1.97. The molecule has 2 rings (SSSR count). The summed E-state index contributed by atoms with van der Waals surface area (Å²) in [5, 5.41) is 0. The molecule has 5 nitrogen and oxygen atoms in total. The second-order valence-corrected chi connectivity index (χ2v) is 7.10. The van der Waals surface area contributed by atoms with Crippen LogP contribution in [0.2, 0.25) is 0 Å². The highest BCUT2D eigenvalue weighted by molar-refractivity contribution is 5.74. The highest BCUT2D eigenvalue weighted by Crippen LogP contribution is 2.51. The third-order valence-corrected chi connectivity index (χ3v) is 4.37. The molecule has 5 heteroatoms. The van der Waals surface area contributed by atoms with Crippen molar-refractivity contribution in [2.24, 2.45) is 5.41 Å². The van der Waals surface area contributed by atoms with E-state index in [2.05, 4.69) is 0 Å². The van der Waals surface area contributed by atoms with Gasteiger partial charge in [0.25, 0.3) is 0 Å². The van der Waals surface area contributed by atoms with E-state index in [9.17, 15) is 9.59 Å². The van der Waals surface area contributed by atoms with Crippen molar-refractivity contribution in [2.75, 3.05) is 13.7 Å². The van der Waals surface area contributed by atoms with Crippen molar-refractivity contribution in [3.8, 4) is 0 Å². The van der Waals surface area contributed by atoms with Gasteiger partial charge in [-0.25, -0.2) is 4.79 Å². The van der Waals surface area contributed by atoms with E-state index in [1.165, 1.54) is 0 Å². The number of likely N-dealkylation sites (tertiary alicyclic amines) is 1. The summed E-state index contributed by atoms with van der Waals surface area (Å²) >= 11 is 0. The number of carbonyl (C=O) groups is 2. The van der Waals surface area contributed by atoms with E-state index in [1.54, 1.807) is 12.0 Å². The maximum absolute atomic E-state index is 12.1. The van der Waals surface area contributed by atoms with Crippen molar-refractivity contribution in [2.45, 2.75) is 64.2 Å². The van der Waals surface area contributed by atoms with Crippen molar-refractivity contribution in [3.63, 3.8) is 0 Å². The molecule has 1 unspecified atom stereocenters. The molecule has 1 aliphatic heterocycles. The fourth-order valence-electron chi connectivity index (χ4n) is 3.29. The summed E-state index contributed by atoms with van der Waals surface area (Å²) in [6.07, 6.45) is 4.46. The van der Waals surface area contributed by atoms with Crippen LogP contribution in [0.5, 0.6) is 0 Å². The molecule has 0 N–H and O–H groups in total. The average molecular weight is 283 g/mol. The number of aldehydes is 1. The van der Waals surface area contributed by atoms with Crippen LogP contribution in [0.15, 0.2) is 0 Å². The van der Waals surface area contributed by atoms with Crippen molar-refractivity contribution in [1.29, 1.82) is 0 Å². The molecule has 2 aliphatic rings. The smallest absolute Gasteiger partial charge is 0.410 e. The summed E-state index contributed by atoms with van der Waals surface area (Å²) in [7, 11) is 1.73. The fraction of sp³-hybridized carbons (Fsp3) is 0.867. The van der Waals surface area contributed by atoms with Gasteiger partial charge in [-0.05, 0) is 51.9 Å². The predicted molar refractivity (Wildman–Crippen MR) is 74.5 cm³/mol. The Morgan fingerprint density at radius 2 is 1.95 bits per heavy atom. The number of hydrogen-bond donors (Lipinski definition) is 0.